The van der Waals surface area contributed by atoms with Gasteiger partial charge in [-0.1, -0.05) is 19.1 Å². The van der Waals surface area contributed by atoms with Crippen LogP contribution in [0.25, 0.3) is 0 Å². The normalized spacial score (nSPS) is 58.4. The molecule has 0 amide bonds. The molecule has 0 spiro atoms. The van der Waals surface area contributed by atoms with Gasteiger partial charge in [0.25, 0.3) is 0 Å². The Morgan fingerprint density at radius 2 is 1.75 bits per heavy atom. The summed E-state index contributed by atoms with van der Waals surface area (Å²) in [6.45, 7) is 4.72. The van der Waals surface area contributed by atoms with Crippen LogP contribution in [-0.2, 0) is 13.3 Å². The summed E-state index contributed by atoms with van der Waals surface area (Å²) in [6, 6.07) is 0. The van der Waals surface area contributed by atoms with Gasteiger partial charge >= 0.3 is 8.80 Å². The van der Waals surface area contributed by atoms with E-state index in [1.807, 2.05) is 0 Å². The quantitative estimate of drug-likeness (QED) is 0.516. The molecule has 4 bridgehead atoms. The van der Waals surface area contributed by atoms with Crippen LogP contribution in [0.15, 0.2) is 12.2 Å². The third-order valence-corrected chi connectivity index (χ3v) is 7.81. The van der Waals surface area contributed by atoms with Gasteiger partial charge in [-0.05, 0) is 24.7 Å². The van der Waals surface area contributed by atoms with Gasteiger partial charge in [0.15, 0.2) is 0 Å². The Morgan fingerprint density at radius 3 is 2.25 bits per heavy atom. The maximum atomic E-state index is 6.06. The van der Waals surface area contributed by atoms with Gasteiger partial charge in [-0.15, -0.1) is 0 Å². The van der Waals surface area contributed by atoms with Crippen LogP contribution < -0.4 is 0 Å². The molecule has 3 aliphatic heterocycles. The number of rotatable bonds is 1. The molecule has 5 aliphatic rings. The van der Waals surface area contributed by atoms with Crippen LogP contribution in [0.3, 0.4) is 0 Å². The molecule has 4 heteroatoms. The summed E-state index contributed by atoms with van der Waals surface area (Å²) in [5.41, 5.74) is 0.662. The molecule has 0 radical (unpaired) electrons. The first-order valence-electron chi connectivity index (χ1n) is 6.29. The fourth-order valence-corrected chi connectivity index (χ4v) is 7.49. The summed E-state index contributed by atoms with van der Waals surface area (Å²) < 4.78 is 18.2. The van der Waals surface area contributed by atoms with Crippen LogP contribution in [0, 0.1) is 17.3 Å². The lowest BCUT2D eigenvalue weighted by molar-refractivity contribution is -0.133. The van der Waals surface area contributed by atoms with Crippen molar-refractivity contribution in [3.63, 3.8) is 0 Å². The van der Waals surface area contributed by atoms with E-state index in [-0.39, 0.29) is 5.41 Å². The Bertz CT molecular complexity index is 330. The van der Waals surface area contributed by atoms with Crippen LogP contribution in [-0.4, -0.2) is 28.6 Å². The summed E-state index contributed by atoms with van der Waals surface area (Å²) in [5.74, 6) is 1.43. The zero-order chi connectivity index (χ0) is 10.8. The van der Waals surface area contributed by atoms with E-state index in [9.17, 15) is 0 Å². The Hall–Kier alpha value is -0.163. The van der Waals surface area contributed by atoms with Gasteiger partial charge in [-0.2, -0.15) is 0 Å². The first kappa shape index (κ1) is 9.83. The van der Waals surface area contributed by atoms with Crippen molar-refractivity contribution < 1.29 is 13.3 Å². The molecule has 2 aliphatic carbocycles. The van der Waals surface area contributed by atoms with Crippen molar-refractivity contribution in [2.24, 2.45) is 17.3 Å². The minimum atomic E-state index is -2.31. The van der Waals surface area contributed by atoms with Gasteiger partial charge in [0.05, 0.1) is 0 Å². The summed E-state index contributed by atoms with van der Waals surface area (Å²) in [4.78, 5) is 0. The lowest BCUT2D eigenvalue weighted by Gasteiger charge is -2.51. The van der Waals surface area contributed by atoms with Crippen molar-refractivity contribution in [3.8, 4) is 0 Å². The number of allylic oxidation sites excluding steroid dienone is 2. The minimum Gasteiger partial charge on any atom is -0.373 e. The average Bonchev–Trinajstić information content (AvgIpc) is 2.92. The van der Waals surface area contributed by atoms with E-state index in [1.54, 1.807) is 0 Å². The molecule has 3 heterocycles. The fourth-order valence-electron chi connectivity index (χ4n) is 3.58. The van der Waals surface area contributed by atoms with E-state index < -0.39 is 8.80 Å². The molecule has 3 unspecified atom stereocenters. The highest BCUT2D eigenvalue weighted by molar-refractivity contribution is 6.63. The molecular formula is C12H18O3Si. The Kier molecular flexibility index (Phi) is 1.83. The molecule has 0 N–H and O–H groups in total. The standard InChI is InChI=1S/C12H18O3Si/c1-12-6-13-16(14-7-12,15-8-12)11-5-9-2-3-10(11)4-9/h2-3,9-11H,4-8H2,1H3. The van der Waals surface area contributed by atoms with Crippen molar-refractivity contribution in [2.75, 3.05) is 19.8 Å². The molecule has 3 saturated heterocycles. The molecular weight excluding hydrogens is 220 g/mol. The van der Waals surface area contributed by atoms with E-state index in [0.29, 0.717) is 11.5 Å². The van der Waals surface area contributed by atoms with Crippen molar-refractivity contribution in [1.29, 1.82) is 0 Å². The van der Waals surface area contributed by atoms with Crippen LogP contribution in [0.1, 0.15) is 19.8 Å². The van der Waals surface area contributed by atoms with E-state index >= 15 is 0 Å². The predicted octanol–water partition coefficient (Wildman–Crippen LogP) is 1.97. The number of hydrogen-bond acceptors (Lipinski definition) is 3. The lowest BCUT2D eigenvalue weighted by atomic mass is 9.95. The molecule has 4 fully saturated rings. The van der Waals surface area contributed by atoms with Crippen molar-refractivity contribution in [3.05, 3.63) is 12.2 Å². The maximum absolute atomic E-state index is 6.06. The summed E-state index contributed by atoms with van der Waals surface area (Å²) in [7, 11) is -2.31. The second-order valence-corrected chi connectivity index (χ2v) is 8.98. The van der Waals surface area contributed by atoms with Gasteiger partial charge in [0, 0.05) is 30.8 Å². The zero-order valence-electron chi connectivity index (χ0n) is 9.65. The van der Waals surface area contributed by atoms with E-state index in [1.165, 1.54) is 12.8 Å². The third-order valence-electron chi connectivity index (χ3n) is 4.60. The highest BCUT2D eigenvalue weighted by Crippen LogP contribution is 2.55. The summed E-state index contributed by atoms with van der Waals surface area (Å²) in [5, 5.41) is 0. The average molecular weight is 238 g/mol. The topological polar surface area (TPSA) is 27.7 Å². The smallest absolute Gasteiger partial charge is 0.373 e. The van der Waals surface area contributed by atoms with Crippen molar-refractivity contribution in [2.45, 2.75) is 25.3 Å². The van der Waals surface area contributed by atoms with Crippen LogP contribution in [0.4, 0.5) is 0 Å². The van der Waals surface area contributed by atoms with Crippen molar-refractivity contribution >= 4 is 8.80 Å². The Labute approximate surface area is 97.1 Å². The van der Waals surface area contributed by atoms with E-state index in [2.05, 4.69) is 19.1 Å². The Balaban J connectivity index is 1.61. The zero-order valence-corrected chi connectivity index (χ0v) is 10.6. The molecule has 5 rings (SSSR count). The largest absolute Gasteiger partial charge is 0.504 e. The summed E-state index contributed by atoms with van der Waals surface area (Å²) in [6.07, 6.45) is 7.25. The second kappa shape index (κ2) is 2.99. The molecule has 3 atom stereocenters. The summed E-state index contributed by atoms with van der Waals surface area (Å²) >= 11 is 0. The van der Waals surface area contributed by atoms with Gasteiger partial charge in [-0.3, -0.25) is 0 Å². The van der Waals surface area contributed by atoms with Crippen LogP contribution in [0.2, 0.25) is 5.54 Å². The van der Waals surface area contributed by atoms with Gasteiger partial charge in [0.1, 0.15) is 0 Å². The second-order valence-electron chi connectivity index (χ2n) is 6.17. The van der Waals surface area contributed by atoms with Gasteiger partial charge < -0.3 is 13.3 Å². The molecule has 0 aromatic heterocycles. The third kappa shape index (κ3) is 1.19. The maximum Gasteiger partial charge on any atom is 0.504 e. The monoisotopic (exact) mass is 238 g/mol. The molecule has 3 nitrogen and oxygen atoms in total. The minimum absolute atomic E-state index is 0.113. The molecule has 1 saturated carbocycles. The molecule has 0 aromatic carbocycles. The molecule has 16 heavy (non-hydrogen) atoms. The highest BCUT2D eigenvalue weighted by Gasteiger charge is 2.63. The molecule has 88 valence electrons. The van der Waals surface area contributed by atoms with Crippen LogP contribution in [0.5, 0.6) is 0 Å². The van der Waals surface area contributed by atoms with Gasteiger partial charge in [0.2, 0.25) is 0 Å². The fraction of sp³-hybridized carbons (Fsp3) is 0.833. The lowest BCUT2D eigenvalue weighted by Crippen LogP contribution is -2.65. The Morgan fingerprint density at radius 1 is 1.06 bits per heavy atom. The first-order chi connectivity index (χ1) is 7.69. The SMILES string of the molecule is CC12CO[Si](C3CC4C=CC3C4)(OC1)OC2. The number of fused-ring (bicyclic) bond motifs is 5. The van der Waals surface area contributed by atoms with Crippen LogP contribution >= 0.6 is 0 Å². The number of hydrogen-bond donors (Lipinski definition) is 0. The first-order valence-corrected chi connectivity index (χ1v) is 8.10. The van der Waals surface area contributed by atoms with E-state index in [4.69, 9.17) is 13.3 Å². The van der Waals surface area contributed by atoms with E-state index in [0.717, 1.165) is 25.7 Å². The predicted molar refractivity (Wildman–Crippen MR) is 60.8 cm³/mol. The highest BCUT2D eigenvalue weighted by atomic mass is 28.4. The van der Waals surface area contributed by atoms with Gasteiger partial charge in [-0.25, -0.2) is 0 Å². The molecule has 0 aromatic rings. The van der Waals surface area contributed by atoms with Crippen molar-refractivity contribution in [1.82, 2.24) is 0 Å².